The molecule has 0 unspecified atom stereocenters. The minimum atomic E-state index is -0.604. The highest BCUT2D eigenvalue weighted by molar-refractivity contribution is 7.80. The van der Waals surface area contributed by atoms with Crippen LogP contribution in [0.2, 0.25) is 10.0 Å². The van der Waals surface area contributed by atoms with Crippen molar-refractivity contribution in [1.29, 1.82) is 0 Å². The Labute approximate surface area is 187 Å². The molecule has 3 amide bonds. The van der Waals surface area contributed by atoms with Crippen molar-refractivity contribution in [2.75, 3.05) is 11.9 Å². The second kappa shape index (κ2) is 9.25. The van der Waals surface area contributed by atoms with Crippen LogP contribution >= 0.6 is 35.4 Å². The Kier molecular flexibility index (Phi) is 6.71. The van der Waals surface area contributed by atoms with Crippen molar-refractivity contribution >= 4 is 70.0 Å². The third-order valence-electron chi connectivity index (χ3n) is 4.02. The highest BCUT2D eigenvalue weighted by Gasteiger charge is 2.25. The van der Waals surface area contributed by atoms with E-state index >= 15 is 0 Å². The lowest BCUT2D eigenvalue weighted by atomic mass is 10.1. The average Bonchev–Trinajstić information content (AvgIpc) is 2.67. The molecule has 0 atom stereocenters. The SMILES string of the molecule is Cc1ccc(NC(=O)COc2ccc(C=C3C(=O)NC(=S)NC3=O)cc2Cl)cc1Cl. The predicted molar refractivity (Wildman–Crippen MR) is 119 cm³/mol. The molecule has 1 aliphatic heterocycles. The number of nitrogens with one attached hydrogen (secondary N) is 3. The molecule has 2 aromatic rings. The largest absolute Gasteiger partial charge is 0.482 e. The number of aryl methyl sites for hydroxylation is 1. The van der Waals surface area contributed by atoms with E-state index in [1.54, 1.807) is 24.3 Å². The molecule has 30 heavy (non-hydrogen) atoms. The van der Waals surface area contributed by atoms with Gasteiger partial charge in [0.25, 0.3) is 17.7 Å². The van der Waals surface area contributed by atoms with Crippen molar-refractivity contribution in [1.82, 2.24) is 10.6 Å². The van der Waals surface area contributed by atoms with E-state index < -0.39 is 11.8 Å². The molecule has 1 saturated heterocycles. The van der Waals surface area contributed by atoms with Crippen LogP contribution in [-0.2, 0) is 14.4 Å². The zero-order chi connectivity index (χ0) is 21.8. The van der Waals surface area contributed by atoms with Crippen LogP contribution < -0.4 is 20.7 Å². The lowest BCUT2D eigenvalue weighted by Gasteiger charge is -2.16. The van der Waals surface area contributed by atoms with Crippen LogP contribution in [0.15, 0.2) is 42.0 Å². The first kappa shape index (κ1) is 21.8. The van der Waals surface area contributed by atoms with Crippen molar-refractivity contribution in [2.45, 2.75) is 6.92 Å². The maximum atomic E-state index is 12.1. The van der Waals surface area contributed by atoms with Gasteiger partial charge in [0.15, 0.2) is 11.7 Å². The summed E-state index contributed by atoms with van der Waals surface area (Å²) in [4.78, 5) is 35.9. The Morgan fingerprint density at radius 2 is 1.80 bits per heavy atom. The molecule has 3 N–H and O–H groups in total. The van der Waals surface area contributed by atoms with Crippen molar-refractivity contribution < 1.29 is 19.1 Å². The minimum Gasteiger partial charge on any atom is -0.482 e. The molecule has 2 aromatic carbocycles. The summed E-state index contributed by atoms with van der Waals surface area (Å²) in [5.74, 6) is -1.32. The molecule has 3 rings (SSSR count). The molecule has 1 fully saturated rings. The number of anilines is 1. The number of carbonyl (C=O) groups is 3. The molecular weight excluding hydrogens is 449 g/mol. The standard InChI is InChI=1S/C20H15Cl2N3O4S/c1-10-2-4-12(8-14(10)21)23-17(26)9-29-16-5-3-11(7-15(16)22)6-13-18(27)24-20(30)25-19(13)28/h2-8H,9H2,1H3,(H,23,26)(H2,24,25,27,28,30). The summed E-state index contributed by atoms with van der Waals surface area (Å²) >= 11 is 17.0. The van der Waals surface area contributed by atoms with E-state index in [0.717, 1.165) is 5.56 Å². The zero-order valence-electron chi connectivity index (χ0n) is 15.5. The van der Waals surface area contributed by atoms with Gasteiger partial charge in [0.2, 0.25) is 0 Å². The normalized spacial score (nSPS) is 13.4. The number of carbonyl (C=O) groups excluding carboxylic acids is 3. The number of rotatable bonds is 5. The van der Waals surface area contributed by atoms with Gasteiger partial charge in [0, 0.05) is 10.7 Å². The second-order valence-electron chi connectivity index (χ2n) is 6.29. The van der Waals surface area contributed by atoms with Gasteiger partial charge in [0.05, 0.1) is 5.02 Å². The van der Waals surface area contributed by atoms with Gasteiger partial charge in [-0.25, -0.2) is 0 Å². The topological polar surface area (TPSA) is 96.5 Å². The van der Waals surface area contributed by atoms with Gasteiger partial charge in [-0.05, 0) is 60.6 Å². The lowest BCUT2D eigenvalue weighted by Crippen LogP contribution is -2.51. The Hall–Kier alpha value is -2.94. The summed E-state index contributed by atoms with van der Waals surface area (Å²) in [6.45, 7) is 1.59. The van der Waals surface area contributed by atoms with Gasteiger partial charge in [-0.3, -0.25) is 25.0 Å². The molecular formula is C20H15Cl2N3O4S. The molecule has 1 aliphatic rings. The molecule has 154 valence electrons. The molecule has 0 bridgehead atoms. The van der Waals surface area contributed by atoms with Gasteiger partial charge in [-0.1, -0.05) is 35.3 Å². The highest BCUT2D eigenvalue weighted by atomic mass is 35.5. The molecule has 0 spiro atoms. The number of ether oxygens (including phenoxy) is 1. The molecule has 7 nitrogen and oxygen atoms in total. The summed E-state index contributed by atoms with van der Waals surface area (Å²) in [7, 11) is 0. The smallest absolute Gasteiger partial charge is 0.263 e. The predicted octanol–water partition coefficient (Wildman–Crippen LogP) is 3.23. The Morgan fingerprint density at radius 1 is 1.10 bits per heavy atom. The Balaban J connectivity index is 1.64. The van der Waals surface area contributed by atoms with Crippen molar-refractivity contribution in [3.63, 3.8) is 0 Å². The molecule has 0 saturated carbocycles. The fourth-order valence-corrected chi connectivity index (χ4v) is 3.12. The zero-order valence-corrected chi connectivity index (χ0v) is 17.9. The summed E-state index contributed by atoms with van der Waals surface area (Å²) in [6.07, 6.45) is 1.37. The second-order valence-corrected chi connectivity index (χ2v) is 7.51. The quantitative estimate of drug-likeness (QED) is 0.359. The first-order valence-corrected chi connectivity index (χ1v) is 9.76. The maximum Gasteiger partial charge on any atom is 0.263 e. The lowest BCUT2D eigenvalue weighted by molar-refractivity contribution is -0.123. The van der Waals surface area contributed by atoms with Crippen LogP contribution in [0.25, 0.3) is 6.08 Å². The maximum absolute atomic E-state index is 12.1. The van der Waals surface area contributed by atoms with Crippen LogP contribution in [-0.4, -0.2) is 29.4 Å². The van der Waals surface area contributed by atoms with Crippen molar-refractivity contribution in [3.8, 4) is 5.75 Å². The number of amides is 3. The summed E-state index contributed by atoms with van der Waals surface area (Å²) in [5.41, 5.74) is 1.85. The van der Waals surface area contributed by atoms with Gasteiger partial charge in [-0.2, -0.15) is 0 Å². The average molecular weight is 464 g/mol. The van der Waals surface area contributed by atoms with E-state index in [1.807, 2.05) is 6.92 Å². The molecule has 0 radical (unpaired) electrons. The van der Waals surface area contributed by atoms with Crippen LogP contribution in [0.4, 0.5) is 5.69 Å². The third kappa shape index (κ3) is 5.35. The first-order valence-electron chi connectivity index (χ1n) is 8.59. The monoisotopic (exact) mass is 463 g/mol. The van der Waals surface area contributed by atoms with Crippen LogP contribution in [0.3, 0.4) is 0 Å². The fourth-order valence-electron chi connectivity index (χ4n) is 2.51. The highest BCUT2D eigenvalue weighted by Crippen LogP contribution is 2.27. The van der Waals surface area contributed by atoms with E-state index in [2.05, 4.69) is 16.0 Å². The molecule has 0 aliphatic carbocycles. The third-order valence-corrected chi connectivity index (χ3v) is 4.93. The number of benzene rings is 2. The van der Waals surface area contributed by atoms with Gasteiger partial charge in [-0.15, -0.1) is 0 Å². The fraction of sp³-hybridized carbons (Fsp3) is 0.100. The van der Waals surface area contributed by atoms with E-state index in [9.17, 15) is 14.4 Å². The summed E-state index contributed by atoms with van der Waals surface area (Å²) in [5, 5.41) is 8.08. The van der Waals surface area contributed by atoms with Gasteiger partial charge in [0.1, 0.15) is 11.3 Å². The number of hydrogen-bond donors (Lipinski definition) is 3. The number of halogens is 2. The minimum absolute atomic E-state index is 0.0462. The van der Waals surface area contributed by atoms with E-state index in [-0.39, 0.29) is 34.0 Å². The summed E-state index contributed by atoms with van der Waals surface area (Å²) in [6, 6.07) is 9.82. The van der Waals surface area contributed by atoms with Crippen molar-refractivity contribution in [3.05, 3.63) is 63.1 Å². The van der Waals surface area contributed by atoms with Crippen LogP contribution in [0.1, 0.15) is 11.1 Å². The number of hydrogen-bond acceptors (Lipinski definition) is 5. The van der Waals surface area contributed by atoms with Crippen LogP contribution in [0, 0.1) is 6.92 Å². The van der Waals surface area contributed by atoms with Gasteiger partial charge >= 0.3 is 0 Å². The van der Waals surface area contributed by atoms with Gasteiger partial charge < -0.3 is 10.1 Å². The Morgan fingerprint density at radius 3 is 2.43 bits per heavy atom. The van der Waals surface area contributed by atoms with Crippen LogP contribution in [0.5, 0.6) is 5.75 Å². The Bertz CT molecular complexity index is 1080. The molecule has 1 heterocycles. The van der Waals surface area contributed by atoms with E-state index in [0.29, 0.717) is 16.3 Å². The number of thiocarbonyl (C=S) groups is 1. The molecule has 0 aromatic heterocycles. The first-order chi connectivity index (χ1) is 14.2. The molecule has 10 heteroatoms. The summed E-state index contributed by atoms with van der Waals surface area (Å²) < 4.78 is 5.45. The van der Waals surface area contributed by atoms with E-state index in [4.69, 9.17) is 40.2 Å². The van der Waals surface area contributed by atoms with E-state index in [1.165, 1.54) is 18.2 Å². The van der Waals surface area contributed by atoms with Crippen molar-refractivity contribution in [2.24, 2.45) is 0 Å².